The van der Waals surface area contributed by atoms with Gasteiger partial charge in [-0.3, -0.25) is 9.59 Å². The van der Waals surface area contributed by atoms with Crippen LogP contribution in [0, 0.1) is 0 Å². The van der Waals surface area contributed by atoms with Gasteiger partial charge in [0.05, 0.1) is 4.90 Å². The van der Waals surface area contributed by atoms with Crippen molar-refractivity contribution in [1.29, 1.82) is 0 Å². The first kappa shape index (κ1) is 20.8. The van der Waals surface area contributed by atoms with Crippen LogP contribution in [0.1, 0.15) is 36.0 Å². The average Bonchev–Trinajstić information content (AvgIpc) is 3.38. The first-order chi connectivity index (χ1) is 14.3. The summed E-state index contributed by atoms with van der Waals surface area (Å²) in [6.45, 7) is 0.271. The van der Waals surface area contributed by atoms with Crippen LogP contribution < -0.4 is 10.6 Å². The Hall–Kier alpha value is -2.42. The minimum absolute atomic E-state index is 0.102. The van der Waals surface area contributed by atoms with Gasteiger partial charge in [0, 0.05) is 28.9 Å². The molecule has 4 rings (SSSR count). The second kappa shape index (κ2) is 8.37. The molecule has 2 aromatic carbocycles. The molecule has 0 radical (unpaired) electrons. The van der Waals surface area contributed by atoms with Crippen LogP contribution in [0.4, 0.5) is 5.69 Å². The Morgan fingerprint density at radius 2 is 1.77 bits per heavy atom. The minimum atomic E-state index is -3.82. The highest BCUT2D eigenvalue weighted by Crippen LogP contribution is 2.28. The van der Waals surface area contributed by atoms with Gasteiger partial charge in [-0.05, 0) is 68.1 Å². The highest BCUT2D eigenvalue weighted by Gasteiger charge is 2.39. The Bertz CT molecular complexity index is 1070. The summed E-state index contributed by atoms with van der Waals surface area (Å²) in [5.41, 5.74) is 0.913. The van der Waals surface area contributed by atoms with Crippen LogP contribution in [-0.2, 0) is 14.8 Å². The van der Waals surface area contributed by atoms with E-state index in [1.54, 1.807) is 24.3 Å². The molecule has 2 fully saturated rings. The van der Waals surface area contributed by atoms with Gasteiger partial charge in [0.15, 0.2) is 0 Å². The van der Waals surface area contributed by atoms with E-state index in [0.29, 0.717) is 29.1 Å². The molecule has 158 valence electrons. The summed E-state index contributed by atoms with van der Waals surface area (Å²) in [5, 5.41) is 6.11. The molecule has 1 atom stereocenters. The van der Waals surface area contributed by atoms with Gasteiger partial charge in [0.25, 0.3) is 5.91 Å². The molecule has 0 spiro atoms. The number of nitrogens with one attached hydrogen (secondary N) is 2. The zero-order valence-corrected chi connectivity index (χ0v) is 17.7. The topological polar surface area (TPSA) is 95.6 Å². The minimum Gasteiger partial charge on any atom is -0.349 e. The predicted molar refractivity (Wildman–Crippen MR) is 114 cm³/mol. The van der Waals surface area contributed by atoms with Gasteiger partial charge in [-0.2, -0.15) is 4.31 Å². The SMILES string of the molecule is O=C(NC1CC1)c1cccc(NC(=O)[C@@H]2CCCN2S(=O)(=O)c2ccc(Cl)cc2)c1. The first-order valence-corrected chi connectivity index (χ1v) is 11.7. The third kappa shape index (κ3) is 4.50. The van der Waals surface area contributed by atoms with Crippen molar-refractivity contribution in [2.24, 2.45) is 0 Å². The van der Waals surface area contributed by atoms with Crippen molar-refractivity contribution in [3.63, 3.8) is 0 Å². The Labute approximate surface area is 180 Å². The van der Waals surface area contributed by atoms with Gasteiger partial charge in [0.2, 0.25) is 15.9 Å². The van der Waals surface area contributed by atoms with Crippen molar-refractivity contribution >= 4 is 39.1 Å². The standard InChI is InChI=1S/C21H22ClN3O4S/c22-15-6-10-18(11-7-15)30(28,29)25-12-2-5-19(25)21(27)24-17-4-1-3-14(13-17)20(26)23-16-8-9-16/h1,3-4,6-7,10-11,13,16,19H,2,5,8-9,12H2,(H,23,26)(H,24,27)/t19-/m0/s1. The molecule has 2 aromatic rings. The maximum Gasteiger partial charge on any atom is 0.251 e. The lowest BCUT2D eigenvalue weighted by Gasteiger charge is -2.23. The number of carbonyl (C=O) groups is 2. The van der Waals surface area contributed by atoms with Gasteiger partial charge in [-0.25, -0.2) is 8.42 Å². The second-order valence-corrected chi connectivity index (χ2v) is 9.87. The molecule has 1 aliphatic carbocycles. The van der Waals surface area contributed by atoms with E-state index in [9.17, 15) is 18.0 Å². The molecule has 0 bridgehead atoms. The molecule has 0 unspecified atom stereocenters. The van der Waals surface area contributed by atoms with Gasteiger partial charge >= 0.3 is 0 Å². The van der Waals surface area contributed by atoms with Gasteiger partial charge in [-0.1, -0.05) is 17.7 Å². The highest BCUT2D eigenvalue weighted by molar-refractivity contribution is 7.89. The monoisotopic (exact) mass is 447 g/mol. The molecule has 1 saturated carbocycles. The predicted octanol–water partition coefficient (Wildman–Crippen LogP) is 3.02. The molecule has 1 aliphatic heterocycles. The molecule has 1 saturated heterocycles. The molecular weight excluding hydrogens is 426 g/mol. The summed E-state index contributed by atoms with van der Waals surface area (Å²) in [6.07, 6.45) is 3.00. The summed E-state index contributed by atoms with van der Waals surface area (Å²) < 4.78 is 27.3. The van der Waals surface area contributed by atoms with Crippen molar-refractivity contribution in [1.82, 2.24) is 9.62 Å². The fourth-order valence-corrected chi connectivity index (χ4v) is 5.27. The Morgan fingerprint density at radius 1 is 1.03 bits per heavy atom. The van der Waals surface area contributed by atoms with Crippen LogP contribution in [0.5, 0.6) is 0 Å². The van der Waals surface area contributed by atoms with E-state index in [0.717, 1.165) is 12.8 Å². The van der Waals surface area contributed by atoms with Crippen molar-refractivity contribution in [3.05, 3.63) is 59.1 Å². The lowest BCUT2D eigenvalue weighted by atomic mass is 10.1. The number of benzene rings is 2. The summed E-state index contributed by atoms with van der Waals surface area (Å²) in [7, 11) is -3.82. The number of hydrogen-bond acceptors (Lipinski definition) is 4. The van der Waals surface area contributed by atoms with Crippen LogP contribution >= 0.6 is 11.6 Å². The van der Waals surface area contributed by atoms with E-state index in [4.69, 9.17) is 11.6 Å². The molecule has 0 aromatic heterocycles. The molecule has 7 nitrogen and oxygen atoms in total. The number of nitrogens with zero attached hydrogens (tertiary/aromatic N) is 1. The first-order valence-electron chi connectivity index (χ1n) is 9.84. The third-order valence-corrected chi connectivity index (χ3v) is 7.41. The van der Waals surface area contributed by atoms with Crippen LogP contribution in [-0.4, -0.2) is 43.2 Å². The molecule has 2 amide bonds. The smallest absolute Gasteiger partial charge is 0.251 e. The molecular formula is C21H22ClN3O4S. The number of anilines is 1. The van der Waals surface area contributed by atoms with Gasteiger partial charge in [-0.15, -0.1) is 0 Å². The molecule has 2 aliphatic rings. The number of sulfonamides is 1. The lowest BCUT2D eigenvalue weighted by molar-refractivity contribution is -0.119. The number of hydrogen-bond donors (Lipinski definition) is 2. The quantitative estimate of drug-likeness (QED) is 0.711. The van der Waals surface area contributed by atoms with Crippen LogP contribution in [0.15, 0.2) is 53.4 Å². The number of carbonyl (C=O) groups excluding carboxylic acids is 2. The summed E-state index contributed by atoms with van der Waals surface area (Å²) in [5.74, 6) is -0.591. The highest BCUT2D eigenvalue weighted by atomic mass is 35.5. The molecule has 1 heterocycles. The van der Waals surface area contributed by atoms with Crippen LogP contribution in [0.2, 0.25) is 5.02 Å². The second-order valence-electron chi connectivity index (χ2n) is 7.55. The maximum atomic E-state index is 13.0. The lowest BCUT2D eigenvalue weighted by Crippen LogP contribution is -2.43. The van der Waals surface area contributed by atoms with Crippen molar-refractivity contribution < 1.29 is 18.0 Å². The van der Waals surface area contributed by atoms with E-state index in [1.807, 2.05) is 0 Å². The average molecular weight is 448 g/mol. The van der Waals surface area contributed by atoms with E-state index in [-0.39, 0.29) is 23.4 Å². The van der Waals surface area contributed by atoms with Gasteiger partial charge < -0.3 is 10.6 Å². The van der Waals surface area contributed by atoms with E-state index < -0.39 is 22.0 Å². The van der Waals surface area contributed by atoms with E-state index >= 15 is 0 Å². The molecule has 9 heteroatoms. The maximum absolute atomic E-state index is 13.0. The number of halogens is 1. The van der Waals surface area contributed by atoms with Crippen molar-refractivity contribution in [3.8, 4) is 0 Å². The zero-order valence-electron chi connectivity index (χ0n) is 16.2. The van der Waals surface area contributed by atoms with Gasteiger partial charge in [0.1, 0.15) is 6.04 Å². The Morgan fingerprint density at radius 3 is 2.47 bits per heavy atom. The van der Waals surface area contributed by atoms with E-state index in [2.05, 4.69) is 10.6 Å². The fraction of sp³-hybridized carbons (Fsp3) is 0.333. The third-order valence-electron chi connectivity index (χ3n) is 5.23. The van der Waals surface area contributed by atoms with Crippen LogP contribution in [0.3, 0.4) is 0 Å². The Balaban J connectivity index is 1.48. The Kier molecular flexibility index (Phi) is 5.81. The van der Waals surface area contributed by atoms with Crippen molar-refractivity contribution in [2.45, 2.75) is 42.7 Å². The molecule has 2 N–H and O–H groups in total. The summed E-state index contributed by atoms with van der Waals surface area (Å²) in [4.78, 5) is 25.2. The summed E-state index contributed by atoms with van der Waals surface area (Å²) >= 11 is 5.86. The number of amides is 2. The van der Waals surface area contributed by atoms with Crippen molar-refractivity contribution in [2.75, 3.05) is 11.9 Å². The normalized spacial score (nSPS) is 19.4. The van der Waals surface area contributed by atoms with Crippen LogP contribution in [0.25, 0.3) is 0 Å². The number of rotatable bonds is 6. The largest absolute Gasteiger partial charge is 0.349 e. The van der Waals surface area contributed by atoms with E-state index in [1.165, 1.54) is 28.6 Å². The fourth-order valence-electron chi connectivity index (χ4n) is 3.49. The summed E-state index contributed by atoms with van der Waals surface area (Å²) in [6, 6.07) is 12.0. The zero-order chi connectivity index (χ0) is 21.3. The molecule has 30 heavy (non-hydrogen) atoms.